The molecule has 8 rings (SSSR count). The van der Waals surface area contributed by atoms with Gasteiger partial charge in [-0.05, 0) is 248 Å². The first-order valence-corrected chi connectivity index (χ1v) is 25.7. The van der Waals surface area contributed by atoms with Crippen LogP contribution in [0.1, 0.15) is 217 Å². The van der Waals surface area contributed by atoms with Crippen molar-refractivity contribution in [3.8, 4) is 0 Å². The molecule has 8 aliphatic carbocycles. The van der Waals surface area contributed by atoms with Gasteiger partial charge in [-0.25, -0.2) is 0 Å². The molecule has 3 unspecified atom stereocenters. The summed E-state index contributed by atoms with van der Waals surface area (Å²) in [6.45, 7) is 23.6. The summed E-state index contributed by atoms with van der Waals surface area (Å²) < 4.78 is 0. The highest BCUT2D eigenvalue weighted by Gasteiger charge is 2.61. The largest absolute Gasteiger partial charge is 0.393 e. The Labute approximate surface area is 358 Å². The third-order valence-corrected chi connectivity index (χ3v) is 22.0. The molecule has 0 bridgehead atoms. The molecular weight excluding hydrogens is 713 g/mol. The van der Waals surface area contributed by atoms with Gasteiger partial charge in [0.15, 0.2) is 0 Å². The minimum absolute atomic E-state index is 0.0319. The van der Waals surface area contributed by atoms with Crippen LogP contribution in [0.5, 0.6) is 0 Å². The van der Waals surface area contributed by atoms with Crippen molar-refractivity contribution < 1.29 is 20.4 Å². The Bertz CT molecular complexity index is 1430. The Balaban J connectivity index is 0.000000177. The molecule has 4 N–H and O–H groups in total. The van der Waals surface area contributed by atoms with E-state index in [1.54, 1.807) is 5.57 Å². The average molecular weight is 807 g/mol. The molecule has 58 heavy (non-hydrogen) atoms. The van der Waals surface area contributed by atoms with Gasteiger partial charge in [-0.1, -0.05) is 67.0 Å². The van der Waals surface area contributed by atoms with E-state index in [0.29, 0.717) is 21.7 Å². The lowest BCUT2D eigenvalue weighted by molar-refractivity contribution is -0.129. The van der Waals surface area contributed by atoms with E-state index in [9.17, 15) is 20.4 Å². The van der Waals surface area contributed by atoms with E-state index >= 15 is 0 Å². The monoisotopic (exact) mass is 807 g/mol. The predicted molar refractivity (Wildman–Crippen MR) is 241 cm³/mol. The van der Waals surface area contributed by atoms with Crippen molar-refractivity contribution in [2.45, 2.75) is 240 Å². The van der Waals surface area contributed by atoms with E-state index in [1.165, 1.54) is 96.3 Å². The number of hydrogen-bond donors (Lipinski definition) is 4. The maximum atomic E-state index is 10.5. The molecule has 19 atom stereocenters. The Morgan fingerprint density at radius 3 is 1.67 bits per heavy atom. The molecule has 0 amide bonds. The quantitative estimate of drug-likeness (QED) is 0.166. The Kier molecular flexibility index (Phi) is 13.3. The highest BCUT2D eigenvalue weighted by molar-refractivity contribution is 5.25. The van der Waals surface area contributed by atoms with Crippen LogP contribution in [-0.2, 0) is 0 Å². The van der Waals surface area contributed by atoms with Gasteiger partial charge in [0.2, 0.25) is 0 Å². The first kappa shape index (κ1) is 45.6. The fourth-order valence-corrected chi connectivity index (χ4v) is 17.7. The van der Waals surface area contributed by atoms with E-state index in [1.807, 2.05) is 13.8 Å². The lowest BCUT2D eigenvalue weighted by Crippen LogP contribution is -2.54. The van der Waals surface area contributed by atoms with Crippen LogP contribution in [0, 0.1) is 86.8 Å². The molecule has 8 aliphatic rings. The molecule has 0 aromatic rings. The van der Waals surface area contributed by atoms with Gasteiger partial charge >= 0.3 is 0 Å². The minimum atomic E-state index is -0.491. The number of hydrogen-bond acceptors (Lipinski definition) is 4. The molecule has 7 fully saturated rings. The van der Waals surface area contributed by atoms with Crippen LogP contribution in [0.25, 0.3) is 0 Å². The van der Waals surface area contributed by atoms with Gasteiger partial charge in [-0.15, -0.1) is 0 Å². The lowest BCUT2D eigenvalue weighted by Gasteiger charge is -2.61. The Morgan fingerprint density at radius 2 is 1.10 bits per heavy atom. The SMILES string of the molecule is CCC(C)(O)CC[C@@H](C)[C@H]1CC[C@H]2[C@@H]3CC=C4C[C@@H](O)CC[C@]4(C)[C@H]3CC[C@]12C.CCC(C)(O)CC[C@@H](C)[C@H]1CC[C@H]2[C@@H]3CCC4C[C@@H](O)CC[C@]4(C)[C@H]3CC[C@]12C. The van der Waals surface area contributed by atoms with Crippen molar-refractivity contribution in [3.63, 3.8) is 0 Å². The summed E-state index contributed by atoms with van der Waals surface area (Å²) in [6.07, 6.45) is 30.2. The van der Waals surface area contributed by atoms with Crippen LogP contribution in [0.2, 0.25) is 0 Å². The van der Waals surface area contributed by atoms with Crippen molar-refractivity contribution in [2.24, 2.45) is 86.8 Å². The van der Waals surface area contributed by atoms with Gasteiger partial charge in [0.05, 0.1) is 23.4 Å². The fraction of sp³-hybridized carbons (Fsp3) is 0.963. The smallest absolute Gasteiger partial charge is 0.0617 e. The van der Waals surface area contributed by atoms with Crippen LogP contribution in [0.15, 0.2) is 11.6 Å². The van der Waals surface area contributed by atoms with Gasteiger partial charge in [-0.2, -0.15) is 0 Å². The van der Waals surface area contributed by atoms with Gasteiger partial charge < -0.3 is 20.4 Å². The van der Waals surface area contributed by atoms with Gasteiger partial charge in [0, 0.05) is 0 Å². The van der Waals surface area contributed by atoms with Crippen molar-refractivity contribution in [1.29, 1.82) is 0 Å². The molecule has 0 aromatic carbocycles. The maximum Gasteiger partial charge on any atom is 0.0617 e. The number of fused-ring (bicyclic) bond motifs is 10. The van der Waals surface area contributed by atoms with Crippen LogP contribution < -0.4 is 0 Å². The molecule has 4 nitrogen and oxygen atoms in total. The topological polar surface area (TPSA) is 80.9 Å². The first-order chi connectivity index (χ1) is 27.2. The molecule has 334 valence electrons. The third-order valence-electron chi connectivity index (χ3n) is 22.0. The number of aliphatic hydroxyl groups excluding tert-OH is 2. The molecule has 0 radical (unpaired) electrons. The molecular formula is C54H94O4. The third kappa shape index (κ3) is 8.26. The van der Waals surface area contributed by atoms with Crippen LogP contribution >= 0.6 is 0 Å². The van der Waals surface area contributed by atoms with Crippen molar-refractivity contribution >= 4 is 0 Å². The highest BCUT2D eigenvalue weighted by Crippen LogP contribution is 2.70. The average Bonchev–Trinajstić information content (AvgIpc) is 3.74. The van der Waals surface area contributed by atoms with Crippen molar-refractivity contribution in [3.05, 3.63) is 11.6 Å². The van der Waals surface area contributed by atoms with Crippen molar-refractivity contribution in [1.82, 2.24) is 0 Å². The lowest BCUT2D eigenvalue weighted by atomic mass is 9.44. The van der Waals surface area contributed by atoms with Gasteiger partial charge in [0.1, 0.15) is 0 Å². The predicted octanol–water partition coefficient (Wildman–Crippen LogP) is 13.1. The standard InChI is InChI=1S/C27H48O2.C27H46O2/c2*1-6-25(3,29)14-11-18(2)22-9-10-23-21-8-7-19-17-20(28)12-15-26(19,4)24(21)13-16-27(22,23)5/h18-24,28-29H,6-17H2,1-5H3;7,18,20-24,28-29H,6,8-17H2,1-5H3/t18-,19?,20+,21+,22-,23+,24+,25?,26+,27-;18-,20+,21+,22-,23+,24+,25?,26+,27-/m11/s1. The molecule has 4 heteroatoms. The summed E-state index contributed by atoms with van der Waals surface area (Å²) in [4.78, 5) is 0. The summed E-state index contributed by atoms with van der Waals surface area (Å²) in [6, 6.07) is 0. The summed E-state index contributed by atoms with van der Waals surface area (Å²) in [5.41, 5.74) is 2.48. The minimum Gasteiger partial charge on any atom is -0.393 e. The van der Waals surface area contributed by atoms with Gasteiger partial charge in [-0.3, -0.25) is 0 Å². The summed E-state index contributed by atoms with van der Waals surface area (Å²) in [5.74, 6) is 9.22. The highest BCUT2D eigenvalue weighted by atomic mass is 16.3. The van der Waals surface area contributed by atoms with E-state index in [4.69, 9.17) is 0 Å². The summed E-state index contributed by atoms with van der Waals surface area (Å²) in [5, 5.41) is 41.5. The van der Waals surface area contributed by atoms with Crippen LogP contribution in [0.4, 0.5) is 0 Å². The zero-order valence-corrected chi connectivity index (χ0v) is 39.6. The summed E-state index contributed by atoms with van der Waals surface area (Å²) in [7, 11) is 0. The summed E-state index contributed by atoms with van der Waals surface area (Å²) >= 11 is 0. The molecule has 0 aromatic heterocycles. The Morgan fingerprint density at radius 1 is 0.603 bits per heavy atom. The van der Waals surface area contributed by atoms with E-state index < -0.39 is 11.2 Å². The zero-order valence-electron chi connectivity index (χ0n) is 39.6. The molecule has 0 spiro atoms. The fourth-order valence-electron chi connectivity index (χ4n) is 17.7. The number of aliphatic hydroxyl groups is 4. The molecule has 0 saturated heterocycles. The van der Waals surface area contributed by atoms with Crippen LogP contribution in [-0.4, -0.2) is 43.8 Å². The zero-order chi connectivity index (χ0) is 42.1. The van der Waals surface area contributed by atoms with E-state index in [-0.39, 0.29) is 12.2 Å². The molecule has 0 aliphatic heterocycles. The van der Waals surface area contributed by atoms with Crippen LogP contribution in [0.3, 0.4) is 0 Å². The molecule has 7 saturated carbocycles. The van der Waals surface area contributed by atoms with E-state index in [0.717, 1.165) is 116 Å². The Hall–Kier alpha value is -0.420. The normalized spacial score (nSPS) is 48.8. The second-order valence-corrected chi connectivity index (χ2v) is 24.9. The second-order valence-electron chi connectivity index (χ2n) is 24.9. The van der Waals surface area contributed by atoms with E-state index in [2.05, 4.69) is 61.5 Å². The first-order valence-electron chi connectivity index (χ1n) is 25.7. The maximum absolute atomic E-state index is 10.5. The second kappa shape index (κ2) is 16.9. The molecule has 0 heterocycles. The van der Waals surface area contributed by atoms with Crippen molar-refractivity contribution in [2.75, 3.05) is 0 Å². The number of allylic oxidation sites excluding steroid dienone is 1. The number of rotatable bonds is 10. The van der Waals surface area contributed by atoms with Gasteiger partial charge in [0.25, 0.3) is 0 Å².